The standard InChI is InChI=1S/C13H23N3O/c1-5-13(7-6-8-14-9-13)11-15-10(16-17-11)12(2,3)4/h14H,5-9H2,1-4H3. The van der Waals surface area contributed by atoms with Crippen LogP contribution in [0.5, 0.6) is 0 Å². The highest BCUT2D eigenvalue weighted by atomic mass is 16.5. The lowest BCUT2D eigenvalue weighted by Gasteiger charge is -2.33. The maximum atomic E-state index is 5.52. The highest BCUT2D eigenvalue weighted by Gasteiger charge is 2.38. The number of hydrogen-bond donors (Lipinski definition) is 1. The van der Waals surface area contributed by atoms with Gasteiger partial charge in [-0.05, 0) is 25.8 Å². The molecule has 0 aromatic carbocycles. The number of piperidine rings is 1. The van der Waals surface area contributed by atoms with E-state index in [1.54, 1.807) is 0 Å². The molecule has 96 valence electrons. The zero-order valence-electron chi connectivity index (χ0n) is 11.3. The molecule has 0 aliphatic carbocycles. The first-order valence-corrected chi connectivity index (χ1v) is 6.53. The first kappa shape index (κ1) is 12.6. The molecular weight excluding hydrogens is 214 g/mol. The number of aromatic nitrogens is 2. The van der Waals surface area contributed by atoms with Crippen molar-refractivity contribution in [2.45, 2.75) is 57.8 Å². The van der Waals surface area contributed by atoms with Crippen LogP contribution in [0.3, 0.4) is 0 Å². The molecule has 2 rings (SSSR count). The summed E-state index contributed by atoms with van der Waals surface area (Å²) in [5, 5.41) is 7.59. The monoisotopic (exact) mass is 237 g/mol. The lowest BCUT2D eigenvalue weighted by molar-refractivity contribution is 0.220. The summed E-state index contributed by atoms with van der Waals surface area (Å²) in [6.45, 7) is 10.6. The second-order valence-corrected chi connectivity index (χ2v) is 6.09. The normalized spacial score (nSPS) is 26.1. The molecule has 0 radical (unpaired) electrons. The molecule has 0 amide bonds. The third-order valence-corrected chi connectivity index (χ3v) is 3.70. The van der Waals surface area contributed by atoms with E-state index in [9.17, 15) is 0 Å². The largest absolute Gasteiger partial charge is 0.339 e. The molecule has 1 aliphatic rings. The second-order valence-electron chi connectivity index (χ2n) is 6.09. The van der Waals surface area contributed by atoms with Gasteiger partial charge in [-0.2, -0.15) is 4.98 Å². The topological polar surface area (TPSA) is 51.0 Å². The first-order chi connectivity index (χ1) is 7.98. The average Bonchev–Trinajstić information content (AvgIpc) is 2.79. The van der Waals surface area contributed by atoms with Crippen LogP contribution in [0.2, 0.25) is 0 Å². The zero-order valence-corrected chi connectivity index (χ0v) is 11.3. The van der Waals surface area contributed by atoms with Gasteiger partial charge in [0.05, 0.1) is 5.41 Å². The molecule has 1 atom stereocenters. The molecule has 1 aromatic heterocycles. The summed E-state index contributed by atoms with van der Waals surface area (Å²) in [6, 6.07) is 0. The molecule has 1 fully saturated rings. The predicted molar refractivity (Wildman–Crippen MR) is 67.1 cm³/mol. The molecule has 4 nitrogen and oxygen atoms in total. The zero-order chi connectivity index (χ0) is 12.5. The van der Waals surface area contributed by atoms with Gasteiger partial charge in [0, 0.05) is 12.0 Å². The van der Waals surface area contributed by atoms with Gasteiger partial charge in [-0.15, -0.1) is 0 Å². The Morgan fingerprint density at radius 3 is 2.65 bits per heavy atom. The Labute approximate surface area is 103 Å². The lowest BCUT2D eigenvalue weighted by atomic mass is 9.78. The van der Waals surface area contributed by atoms with Crippen LogP contribution < -0.4 is 5.32 Å². The maximum absolute atomic E-state index is 5.52. The molecular formula is C13H23N3O. The minimum absolute atomic E-state index is 0.0429. The van der Waals surface area contributed by atoms with Gasteiger partial charge >= 0.3 is 0 Å². The van der Waals surface area contributed by atoms with Gasteiger partial charge in [-0.1, -0.05) is 32.9 Å². The molecule has 2 heterocycles. The minimum Gasteiger partial charge on any atom is -0.339 e. The highest BCUT2D eigenvalue weighted by molar-refractivity contribution is 5.10. The Hall–Kier alpha value is -0.900. The molecule has 4 heteroatoms. The summed E-state index contributed by atoms with van der Waals surface area (Å²) in [6.07, 6.45) is 3.37. The van der Waals surface area contributed by atoms with Crippen molar-refractivity contribution in [2.75, 3.05) is 13.1 Å². The molecule has 1 unspecified atom stereocenters. The molecule has 0 bridgehead atoms. The van der Waals surface area contributed by atoms with E-state index in [4.69, 9.17) is 4.52 Å². The van der Waals surface area contributed by atoms with Gasteiger partial charge in [0.25, 0.3) is 0 Å². The summed E-state index contributed by atoms with van der Waals surface area (Å²) in [4.78, 5) is 4.63. The van der Waals surface area contributed by atoms with Crippen molar-refractivity contribution in [2.24, 2.45) is 0 Å². The Bertz CT molecular complexity index is 372. The SMILES string of the molecule is CCC1(c2nc(C(C)(C)C)no2)CCCNC1. The van der Waals surface area contributed by atoms with Crippen molar-refractivity contribution < 1.29 is 4.52 Å². The Morgan fingerprint density at radius 2 is 2.18 bits per heavy atom. The number of nitrogens with one attached hydrogen (secondary N) is 1. The summed E-state index contributed by atoms with van der Waals surface area (Å²) < 4.78 is 5.52. The van der Waals surface area contributed by atoms with E-state index < -0.39 is 0 Å². The van der Waals surface area contributed by atoms with Crippen LogP contribution in [0, 0.1) is 0 Å². The molecule has 1 aliphatic heterocycles. The van der Waals surface area contributed by atoms with Crippen LogP contribution in [0.15, 0.2) is 4.52 Å². The van der Waals surface area contributed by atoms with E-state index in [1.807, 2.05) is 0 Å². The van der Waals surface area contributed by atoms with E-state index in [-0.39, 0.29) is 10.8 Å². The van der Waals surface area contributed by atoms with Crippen molar-refractivity contribution >= 4 is 0 Å². The third kappa shape index (κ3) is 2.37. The average molecular weight is 237 g/mol. The van der Waals surface area contributed by atoms with Crippen molar-refractivity contribution in [3.63, 3.8) is 0 Å². The lowest BCUT2D eigenvalue weighted by Crippen LogP contribution is -2.43. The van der Waals surface area contributed by atoms with Crippen molar-refractivity contribution in [1.82, 2.24) is 15.5 Å². The predicted octanol–water partition coefficient (Wildman–Crippen LogP) is 2.40. The Morgan fingerprint density at radius 1 is 1.41 bits per heavy atom. The number of hydrogen-bond acceptors (Lipinski definition) is 4. The molecule has 0 saturated carbocycles. The van der Waals surface area contributed by atoms with Gasteiger partial charge in [-0.25, -0.2) is 0 Å². The van der Waals surface area contributed by atoms with Gasteiger partial charge in [0.15, 0.2) is 5.82 Å². The minimum atomic E-state index is -0.0429. The van der Waals surface area contributed by atoms with Crippen molar-refractivity contribution in [3.05, 3.63) is 11.7 Å². The van der Waals surface area contributed by atoms with Crippen LogP contribution in [-0.2, 0) is 10.8 Å². The number of rotatable bonds is 2. The molecule has 1 N–H and O–H groups in total. The van der Waals surface area contributed by atoms with Crippen molar-refractivity contribution in [3.8, 4) is 0 Å². The van der Waals surface area contributed by atoms with Crippen LogP contribution in [-0.4, -0.2) is 23.2 Å². The highest BCUT2D eigenvalue weighted by Crippen LogP contribution is 2.34. The fourth-order valence-electron chi connectivity index (χ4n) is 2.35. The molecule has 1 saturated heterocycles. The van der Waals surface area contributed by atoms with E-state index in [1.165, 1.54) is 6.42 Å². The fraction of sp³-hybridized carbons (Fsp3) is 0.846. The summed E-state index contributed by atoms with van der Waals surface area (Å²) in [5.74, 6) is 1.63. The van der Waals surface area contributed by atoms with E-state index in [2.05, 4.69) is 43.2 Å². The van der Waals surface area contributed by atoms with Crippen LogP contribution in [0.4, 0.5) is 0 Å². The van der Waals surface area contributed by atoms with E-state index in [0.717, 1.165) is 37.6 Å². The van der Waals surface area contributed by atoms with E-state index in [0.29, 0.717) is 0 Å². The quantitative estimate of drug-likeness (QED) is 0.858. The third-order valence-electron chi connectivity index (χ3n) is 3.70. The van der Waals surface area contributed by atoms with Crippen LogP contribution in [0.1, 0.15) is 58.7 Å². The van der Waals surface area contributed by atoms with Gasteiger partial charge in [0.2, 0.25) is 5.89 Å². The van der Waals surface area contributed by atoms with Crippen molar-refractivity contribution in [1.29, 1.82) is 0 Å². The van der Waals surface area contributed by atoms with Crippen LogP contribution in [0.25, 0.3) is 0 Å². The van der Waals surface area contributed by atoms with Gasteiger partial charge in [0.1, 0.15) is 0 Å². The summed E-state index contributed by atoms with van der Waals surface area (Å²) in [7, 11) is 0. The van der Waals surface area contributed by atoms with Crippen LogP contribution >= 0.6 is 0 Å². The maximum Gasteiger partial charge on any atom is 0.234 e. The molecule has 0 spiro atoms. The number of nitrogens with zero attached hydrogens (tertiary/aromatic N) is 2. The van der Waals surface area contributed by atoms with E-state index >= 15 is 0 Å². The summed E-state index contributed by atoms with van der Waals surface area (Å²) in [5.41, 5.74) is 0.00747. The molecule has 1 aromatic rings. The Balaban J connectivity index is 2.28. The smallest absolute Gasteiger partial charge is 0.234 e. The van der Waals surface area contributed by atoms with Gasteiger partial charge < -0.3 is 9.84 Å². The summed E-state index contributed by atoms with van der Waals surface area (Å²) >= 11 is 0. The Kier molecular flexibility index (Phi) is 3.25. The fourth-order valence-corrected chi connectivity index (χ4v) is 2.35. The van der Waals surface area contributed by atoms with Gasteiger partial charge in [-0.3, -0.25) is 0 Å². The molecule has 17 heavy (non-hydrogen) atoms. The second kappa shape index (κ2) is 4.41. The first-order valence-electron chi connectivity index (χ1n) is 6.53.